The molecule has 4 aliphatic rings. The number of benzene rings is 2. The Bertz CT molecular complexity index is 1280. The van der Waals surface area contributed by atoms with Gasteiger partial charge in [0.25, 0.3) is 10.0 Å². The second kappa shape index (κ2) is 7.29. The number of aryl methyl sites for hydroxylation is 1. The lowest BCUT2D eigenvalue weighted by Gasteiger charge is -2.52. The van der Waals surface area contributed by atoms with E-state index in [4.69, 9.17) is 0 Å². The monoisotopic (exact) mass is 462 g/mol. The number of fused-ring (bicyclic) bond motifs is 6. The summed E-state index contributed by atoms with van der Waals surface area (Å²) in [5.41, 5.74) is 2.55. The molecule has 2 saturated heterocycles. The third-order valence-corrected chi connectivity index (χ3v) is 9.75. The zero-order chi connectivity index (χ0) is 22.9. The van der Waals surface area contributed by atoms with Crippen molar-refractivity contribution in [2.75, 3.05) is 10.8 Å². The van der Waals surface area contributed by atoms with Crippen molar-refractivity contribution in [2.24, 2.45) is 11.8 Å². The molecular weight excluding hydrogens is 436 g/mol. The Balaban J connectivity index is 1.48. The lowest BCUT2D eigenvalue weighted by atomic mass is 9.70. The molecule has 170 valence electrons. The van der Waals surface area contributed by atoms with Crippen molar-refractivity contribution in [2.45, 2.75) is 49.1 Å². The van der Waals surface area contributed by atoms with Gasteiger partial charge in [-0.1, -0.05) is 42.0 Å². The zero-order valence-electron chi connectivity index (χ0n) is 18.4. The number of nitrogens with zero attached hydrogens (tertiary/aromatic N) is 2. The van der Waals surface area contributed by atoms with Gasteiger partial charge in [-0.2, -0.15) is 0 Å². The summed E-state index contributed by atoms with van der Waals surface area (Å²) < 4.78 is 29.6. The summed E-state index contributed by atoms with van der Waals surface area (Å²) >= 11 is 0. The van der Waals surface area contributed by atoms with Gasteiger partial charge in [0.15, 0.2) is 5.78 Å². The minimum atomic E-state index is -3.85. The summed E-state index contributed by atoms with van der Waals surface area (Å²) in [6, 6.07) is 13.7. The molecule has 5 atom stereocenters. The Morgan fingerprint density at radius 2 is 1.73 bits per heavy atom. The van der Waals surface area contributed by atoms with Crippen molar-refractivity contribution in [1.82, 2.24) is 4.90 Å². The molecule has 0 unspecified atom stereocenters. The quantitative estimate of drug-likeness (QED) is 0.685. The van der Waals surface area contributed by atoms with Gasteiger partial charge in [-0.3, -0.25) is 13.9 Å². The van der Waals surface area contributed by atoms with Crippen LogP contribution in [0.4, 0.5) is 5.69 Å². The van der Waals surface area contributed by atoms with Crippen LogP contribution in [0.5, 0.6) is 0 Å². The first-order valence-corrected chi connectivity index (χ1v) is 13.0. The normalized spacial score (nSPS) is 30.5. The van der Waals surface area contributed by atoms with E-state index >= 15 is 0 Å². The summed E-state index contributed by atoms with van der Waals surface area (Å²) in [5.74, 6) is -0.0865. The Hall–Kier alpha value is -2.93. The highest BCUT2D eigenvalue weighted by atomic mass is 32.2. The van der Waals surface area contributed by atoms with Crippen LogP contribution in [0.3, 0.4) is 0 Å². The molecule has 2 aromatic rings. The van der Waals surface area contributed by atoms with Crippen LogP contribution in [0.15, 0.2) is 65.6 Å². The molecule has 2 aromatic carbocycles. The van der Waals surface area contributed by atoms with Crippen molar-refractivity contribution in [3.63, 3.8) is 0 Å². The van der Waals surface area contributed by atoms with Crippen molar-refractivity contribution >= 4 is 27.4 Å². The number of allylic oxidation sites excluding steroid dienone is 2. The fraction of sp³-hybridized carbons (Fsp3) is 0.385. The molecule has 33 heavy (non-hydrogen) atoms. The summed E-state index contributed by atoms with van der Waals surface area (Å²) in [5, 5.41) is 0. The number of ketones is 1. The van der Waals surface area contributed by atoms with Crippen molar-refractivity contribution in [1.29, 1.82) is 0 Å². The lowest BCUT2D eigenvalue weighted by Crippen LogP contribution is -2.64. The molecule has 6 rings (SSSR count). The van der Waals surface area contributed by atoms with Crippen LogP contribution >= 0.6 is 0 Å². The zero-order valence-corrected chi connectivity index (χ0v) is 19.2. The summed E-state index contributed by atoms with van der Waals surface area (Å²) in [6.07, 6.45) is 5.14. The summed E-state index contributed by atoms with van der Waals surface area (Å²) in [6.45, 7) is 2.44. The van der Waals surface area contributed by atoms with E-state index in [1.54, 1.807) is 34.6 Å². The standard InChI is InChI=1S/C26H26N2O4S/c1-16-9-11-18(12-10-16)33(31,32)28-22-7-3-2-6-19(22)21-14-25(30)27-15-17-5-4-8-24(29)20(17)13-23(27)26(21)28/h2-4,6-12,17,20-21,23,26H,5,13-15H2,1H3/t17-,20-,21-,23-,26+/m1/s1. The van der Waals surface area contributed by atoms with E-state index in [1.165, 1.54) is 0 Å². The number of amides is 1. The first kappa shape index (κ1) is 20.7. The predicted octanol–water partition coefficient (Wildman–Crippen LogP) is 3.42. The summed E-state index contributed by atoms with van der Waals surface area (Å²) in [7, 11) is -3.85. The summed E-state index contributed by atoms with van der Waals surface area (Å²) in [4.78, 5) is 28.1. The van der Waals surface area contributed by atoms with Gasteiger partial charge in [0.05, 0.1) is 22.7 Å². The van der Waals surface area contributed by atoms with Gasteiger partial charge < -0.3 is 4.90 Å². The number of carbonyl (C=O) groups is 2. The maximum absolute atomic E-state index is 14.0. The number of para-hydroxylation sites is 1. The minimum Gasteiger partial charge on any atom is -0.337 e. The topological polar surface area (TPSA) is 74.8 Å². The average Bonchev–Trinajstić information content (AvgIpc) is 3.14. The molecule has 0 saturated carbocycles. The van der Waals surface area contributed by atoms with Crippen LogP contribution in [0.25, 0.3) is 0 Å². The minimum absolute atomic E-state index is 0.0612. The van der Waals surface area contributed by atoms with Crippen LogP contribution in [0.2, 0.25) is 0 Å². The molecule has 1 amide bonds. The molecule has 0 aromatic heterocycles. The van der Waals surface area contributed by atoms with E-state index in [0.717, 1.165) is 17.5 Å². The van der Waals surface area contributed by atoms with Gasteiger partial charge in [-0.25, -0.2) is 8.42 Å². The lowest BCUT2D eigenvalue weighted by molar-refractivity contribution is -0.145. The van der Waals surface area contributed by atoms with E-state index in [2.05, 4.69) is 0 Å². The average molecular weight is 463 g/mol. The number of rotatable bonds is 2. The fourth-order valence-corrected chi connectivity index (χ4v) is 8.10. The molecule has 3 aliphatic heterocycles. The molecule has 2 fully saturated rings. The number of hydrogen-bond acceptors (Lipinski definition) is 4. The van der Waals surface area contributed by atoms with E-state index < -0.39 is 16.1 Å². The van der Waals surface area contributed by atoms with Crippen LogP contribution < -0.4 is 4.31 Å². The molecule has 0 radical (unpaired) electrons. The SMILES string of the molecule is Cc1ccc(S(=O)(=O)N2c3ccccc3[C@H]3CC(=O)N4C[C@H]5CC=CC(=O)[C@@H]5C[C@@H]4[C@H]32)cc1. The first-order valence-electron chi connectivity index (χ1n) is 11.6. The predicted molar refractivity (Wildman–Crippen MR) is 124 cm³/mol. The highest BCUT2D eigenvalue weighted by molar-refractivity contribution is 7.92. The molecule has 1 aliphatic carbocycles. The van der Waals surface area contributed by atoms with E-state index in [9.17, 15) is 18.0 Å². The van der Waals surface area contributed by atoms with Gasteiger partial charge in [0, 0.05) is 24.8 Å². The Morgan fingerprint density at radius 1 is 0.970 bits per heavy atom. The first-order chi connectivity index (χ1) is 15.9. The third kappa shape index (κ3) is 3.01. The molecule has 0 spiro atoms. The van der Waals surface area contributed by atoms with Crippen LogP contribution in [0.1, 0.15) is 36.3 Å². The van der Waals surface area contributed by atoms with Gasteiger partial charge in [-0.05, 0) is 55.5 Å². The highest BCUT2D eigenvalue weighted by Gasteiger charge is 2.57. The second-order valence-electron chi connectivity index (χ2n) is 9.73. The largest absolute Gasteiger partial charge is 0.337 e. The van der Waals surface area contributed by atoms with E-state index in [-0.39, 0.29) is 40.4 Å². The fourth-order valence-electron chi connectivity index (χ4n) is 6.36. The third-order valence-electron chi connectivity index (χ3n) is 7.93. The van der Waals surface area contributed by atoms with E-state index in [0.29, 0.717) is 25.1 Å². The van der Waals surface area contributed by atoms with Gasteiger partial charge in [0.2, 0.25) is 5.91 Å². The van der Waals surface area contributed by atoms with Crippen molar-refractivity contribution in [3.8, 4) is 0 Å². The molecular formula is C26H26N2O4S. The number of carbonyl (C=O) groups excluding carboxylic acids is 2. The number of piperidine rings is 2. The number of hydrogen-bond donors (Lipinski definition) is 0. The molecule has 7 heteroatoms. The van der Waals surface area contributed by atoms with Gasteiger partial charge in [-0.15, -0.1) is 0 Å². The molecule has 0 N–H and O–H groups in total. The van der Waals surface area contributed by atoms with Crippen LogP contribution in [-0.2, 0) is 19.6 Å². The van der Waals surface area contributed by atoms with Crippen LogP contribution in [-0.4, -0.2) is 43.6 Å². The Labute approximate surface area is 193 Å². The highest BCUT2D eigenvalue weighted by Crippen LogP contribution is 2.52. The van der Waals surface area contributed by atoms with Crippen molar-refractivity contribution < 1.29 is 18.0 Å². The molecule has 0 bridgehead atoms. The number of anilines is 1. The Kier molecular flexibility index (Phi) is 4.56. The maximum Gasteiger partial charge on any atom is 0.264 e. The second-order valence-corrected chi connectivity index (χ2v) is 11.5. The van der Waals surface area contributed by atoms with Gasteiger partial charge >= 0.3 is 0 Å². The molecule has 6 nitrogen and oxygen atoms in total. The number of sulfonamides is 1. The van der Waals surface area contributed by atoms with E-state index in [1.807, 2.05) is 42.2 Å². The smallest absolute Gasteiger partial charge is 0.264 e. The van der Waals surface area contributed by atoms with Gasteiger partial charge in [0.1, 0.15) is 0 Å². The van der Waals surface area contributed by atoms with Crippen LogP contribution in [0, 0.1) is 18.8 Å². The molecule has 3 heterocycles. The maximum atomic E-state index is 14.0. The Morgan fingerprint density at radius 3 is 2.52 bits per heavy atom. The van der Waals surface area contributed by atoms with Crippen molar-refractivity contribution in [3.05, 3.63) is 71.8 Å².